The highest BCUT2D eigenvalue weighted by atomic mass is 79.9. The molecule has 0 spiro atoms. The largest absolute Gasteiger partial charge is 0.352 e. The molecule has 0 saturated heterocycles. The second kappa shape index (κ2) is 7.46. The maximum atomic E-state index is 13.5. The number of carbonyl (C=O) groups excluding carboxylic acids is 1. The predicted octanol–water partition coefficient (Wildman–Crippen LogP) is 4.04. The predicted molar refractivity (Wildman–Crippen MR) is 70.5 cm³/mol. The van der Waals surface area contributed by atoms with Crippen molar-refractivity contribution < 1.29 is 13.6 Å². The Morgan fingerprint density at radius 2 is 1.83 bits per heavy atom. The molecule has 1 aromatic rings. The Morgan fingerprint density at radius 3 is 2.39 bits per heavy atom. The molecule has 0 aliphatic carbocycles. The van der Waals surface area contributed by atoms with Crippen molar-refractivity contribution in [2.75, 3.05) is 6.54 Å². The summed E-state index contributed by atoms with van der Waals surface area (Å²) in [6.45, 7) is 2.53. The van der Waals surface area contributed by atoms with Gasteiger partial charge in [0.15, 0.2) is 0 Å². The maximum Gasteiger partial charge on any atom is 0.257 e. The Labute approximate surface area is 114 Å². The Hall–Kier alpha value is -0.970. The normalized spacial score (nSPS) is 10.4. The molecule has 18 heavy (non-hydrogen) atoms. The van der Waals surface area contributed by atoms with Crippen LogP contribution in [0.1, 0.15) is 43.0 Å². The third-order valence-corrected chi connectivity index (χ3v) is 3.01. The van der Waals surface area contributed by atoms with Crippen LogP contribution < -0.4 is 5.32 Å². The van der Waals surface area contributed by atoms with E-state index >= 15 is 0 Å². The minimum absolute atomic E-state index is 0.275. The number of hydrogen-bond donors (Lipinski definition) is 1. The molecule has 1 aromatic carbocycles. The second-order valence-electron chi connectivity index (χ2n) is 4.06. The molecule has 0 aromatic heterocycles. The maximum absolute atomic E-state index is 13.5. The molecule has 0 aliphatic rings. The zero-order chi connectivity index (χ0) is 13.5. The Bertz CT molecular complexity index is 400. The van der Waals surface area contributed by atoms with Gasteiger partial charge in [-0.15, -0.1) is 0 Å². The van der Waals surface area contributed by atoms with Crippen LogP contribution in [0.25, 0.3) is 0 Å². The summed E-state index contributed by atoms with van der Waals surface area (Å²) < 4.78 is 27.2. The first-order valence-corrected chi connectivity index (χ1v) is 6.78. The smallest absolute Gasteiger partial charge is 0.257 e. The van der Waals surface area contributed by atoms with Crippen LogP contribution in [0.5, 0.6) is 0 Å². The van der Waals surface area contributed by atoms with E-state index in [9.17, 15) is 13.6 Å². The molecule has 0 radical (unpaired) electrons. The lowest BCUT2D eigenvalue weighted by Crippen LogP contribution is -2.26. The first kappa shape index (κ1) is 15.1. The number of carbonyl (C=O) groups is 1. The molecule has 0 unspecified atom stereocenters. The molecule has 0 saturated carbocycles. The summed E-state index contributed by atoms with van der Waals surface area (Å²) in [5, 5.41) is 2.52. The van der Waals surface area contributed by atoms with Crippen LogP contribution in [0.3, 0.4) is 0 Å². The molecule has 0 bridgehead atoms. The SMILES string of the molecule is CCCCCCNC(=O)c1c(F)cc(Br)cc1F. The van der Waals surface area contributed by atoms with E-state index in [1.165, 1.54) is 0 Å². The number of hydrogen-bond acceptors (Lipinski definition) is 1. The van der Waals surface area contributed by atoms with E-state index in [1.54, 1.807) is 0 Å². The highest BCUT2D eigenvalue weighted by Crippen LogP contribution is 2.19. The van der Waals surface area contributed by atoms with Gasteiger partial charge in [-0.05, 0) is 18.6 Å². The molecule has 0 heterocycles. The molecular formula is C13H16BrF2NO. The second-order valence-corrected chi connectivity index (χ2v) is 4.98. The molecule has 0 atom stereocenters. The Morgan fingerprint density at radius 1 is 1.22 bits per heavy atom. The highest BCUT2D eigenvalue weighted by molar-refractivity contribution is 9.10. The minimum Gasteiger partial charge on any atom is -0.352 e. The first-order chi connectivity index (χ1) is 8.56. The molecule has 0 aliphatic heterocycles. The first-order valence-electron chi connectivity index (χ1n) is 5.99. The molecule has 1 amide bonds. The summed E-state index contributed by atoms with van der Waals surface area (Å²) in [5.41, 5.74) is -0.520. The van der Waals surface area contributed by atoms with E-state index in [0.29, 0.717) is 6.54 Å². The average Bonchev–Trinajstić information content (AvgIpc) is 2.27. The van der Waals surface area contributed by atoms with Gasteiger partial charge in [-0.2, -0.15) is 0 Å². The van der Waals surface area contributed by atoms with E-state index < -0.39 is 23.1 Å². The summed E-state index contributed by atoms with van der Waals surface area (Å²) in [6, 6.07) is 2.16. The summed E-state index contributed by atoms with van der Waals surface area (Å²) in [6.07, 6.45) is 4.02. The Balaban J connectivity index is 2.57. The summed E-state index contributed by atoms with van der Waals surface area (Å²) in [4.78, 5) is 11.6. The number of amides is 1. The number of halogens is 3. The third kappa shape index (κ3) is 4.37. The van der Waals surface area contributed by atoms with Crippen molar-refractivity contribution in [1.82, 2.24) is 5.32 Å². The lowest BCUT2D eigenvalue weighted by molar-refractivity contribution is 0.0944. The van der Waals surface area contributed by atoms with Crippen molar-refractivity contribution in [3.05, 3.63) is 33.8 Å². The molecular weight excluding hydrogens is 304 g/mol. The highest BCUT2D eigenvalue weighted by Gasteiger charge is 2.17. The lowest BCUT2D eigenvalue weighted by Gasteiger charge is -2.07. The zero-order valence-electron chi connectivity index (χ0n) is 10.2. The fraction of sp³-hybridized carbons (Fsp3) is 0.462. The standard InChI is InChI=1S/C13H16BrF2NO/c1-2-3-4-5-6-17-13(18)12-10(15)7-9(14)8-11(12)16/h7-8H,2-6H2,1H3,(H,17,18). The molecule has 0 fully saturated rings. The molecule has 5 heteroatoms. The molecule has 2 nitrogen and oxygen atoms in total. The topological polar surface area (TPSA) is 29.1 Å². The van der Waals surface area contributed by atoms with Gasteiger partial charge >= 0.3 is 0 Å². The summed E-state index contributed by atoms with van der Waals surface area (Å²) in [5.74, 6) is -2.41. The third-order valence-electron chi connectivity index (χ3n) is 2.55. The Kier molecular flexibility index (Phi) is 6.25. The summed E-state index contributed by atoms with van der Waals surface area (Å²) in [7, 11) is 0. The van der Waals surface area contributed by atoms with Gasteiger partial charge in [-0.25, -0.2) is 8.78 Å². The van der Waals surface area contributed by atoms with Crippen LogP contribution in [-0.4, -0.2) is 12.5 Å². The van der Waals surface area contributed by atoms with E-state index in [1.807, 2.05) is 0 Å². The number of benzene rings is 1. The van der Waals surface area contributed by atoms with Crippen LogP contribution in [-0.2, 0) is 0 Å². The van der Waals surface area contributed by atoms with Crippen LogP contribution in [0, 0.1) is 11.6 Å². The summed E-state index contributed by atoms with van der Waals surface area (Å²) >= 11 is 2.97. The van der Waals surface area contributed by atoms with Gasteiger partial charge in [0.25, 0.3) is 5.91 Å². The van der Waals surface area contributed by atoms with Gasteiger partial charge in [-0.1, -0.05) is 42.1 Å². The van der Waals surface area contributed by atoms with E-state index in [-0.39, 0.29) is 4.47 Å². The van der Waals surface area contributed by atoms with Crippen molar-refractivity contribution in [2.45, 2.75) is 32.6 Å². The molecule has 100 valence electrons. The molecule has 1 N–H and O–H groups in total. The van der Waals surface area contributed by atoms with Crippen LogP contribution in [0.15, 0.2) is 16.6 Å². The fourth-order valence-corrected chi connectivity index (χ4v) is 2.00. The number of rotatable bonds is 6. The fourth-order valence-electron chi connectivity index (χ4n) is 1.60. The zero-order valence-corrected chi connectivity index (χ0v) is 11.8. The van der Waals surface area contributed by atoms with Crippen molar-refractivity contribution >= 4 is 21.8 Å². The van der Waals surface area contributed by atoms with Gasteiger partial charge in [0.2, 0.25) is 0 Å². The average molecular weight is 320 g/mol. The van der Waals surface area contributed by atoms with Crippen molar-refractivity contribution in [2.24, 2.45) is 0 Å². The number of unbranched alkanes of at least 4 members (excludes halogenated alkanes) is 3. The van der Waals surface area contributed by atoms with E-state index in [2.05, 4.69) is 28.2 Å². The van der Waals surface area contributed by atoms with Crippen LogP contribution >= 0.6 is 15.9 Å². The lowest BCUT2D eigenvalue weighted by atomic mass is 10.1. The van der Waals surface area contributed by atoms with Gasteiger partial charge in [0.1, 0.15) is 17.2 Å². The van der Waals surface area contributed by atoms with Gasteiger partial charge in [0.05, 0.1) is 0 Å². The van der Waals surface area contributed by atoms with E-state index in [0.717, 1.165) is 37.8 Å². The van der Waals surface area contributed by atoms with Crippen molar-refractivity contribution in [3.63, 3.8) is 0 Å². The monoisotopic (exact) mass is 319 g/mol. The van der Waals surface area contributed by atoms with Gasteiger partial charge < -0.3 is 5.32 Å². The van der Waals surface area contributed by atoms with Crippen molar-refractivity contribution in [3.8, 4) is 0 Å². The van der Waals surface area contributed by atoms with Gasteiger partial charge in [0, 0.05) is 11.0 Å². The molecule has 1 rings (SSSR count). The van der Waals surface area contributed by atoms with Crippen LogP contribution in [0.4, 0.5) is 8.78 Å². The number of nitrogens with one attached hydrogen (secondary N) is 1. The minimum atomic E-state index is -0.854. The van der Waals surface area contributed by atoms with Crippen molar-refractivity contribution in [1.29, 1.82) is 0 Å². The quantitative estimate of drug-likeness (QED) is 0.788. The van der Waals surface area contributed by atoms with E-state index in [4.69, 9.17) is 0 Å². The van der Waals surface area contributed by atoms with Crippen LogP contribution in [0.2, 0.25) is 0 Å². The van der Waals surface area contributed by atoms with Gasteiger partial charge in [-0.3, -0.25) is 4.79 Å².